The summed E-state index contributed by atoms with van der Waals surface area (Å²) in [5.74, 6) is -0.488. The van der Waals surface area contributed by atoms with Crippen molar-refractivity contribution in [3.05, 3.63) is 85.7 Å². The van der Waals surface area contributed by atoms with Crippen LogP contribution < -0.4 is 5.32 Å². The van der Waals surface area contributed by atoms with Gasteiger partial charge in [-0.1, -0.05) is 53.0 Å². The number of rotatable bonds is 5. The summed E-state index contributed by atoms with van der Waals surface area (Å²) < 4.78 is 1.63. The van der Waals surface area contributed by atoms with Gasteiger partial charge in [-0.05, 0) is 62.6 Å². The zero-order valence-corrected chi connectivity index (χ0v) is 19.3. The van der Waals surface area contributed by atoms with Gasteiger partial charge in [0.05, 0.1) is 12.2 Å². The fourth-order valence-electron chi connectivity index (χ4n) is 3.45. The molecule has 7 heteroatoms. The van der Waals surface area contributed by atoms with Gasteiger partial charge < -0.3 is 5.32 Å². The molecule has 31 heavy (non-hydrogen) atoms. The van der Waals surface area contributed by atoms with Crippen molar-refractivity contribution in [1.29, 1.82) is 5.26 Å². The average molecular weight is 453 g/mol. The zero-order valence-electron chi connectivity index (χ0n) is 17.8. The molecule has 0 aliphatic carbocycles. The van der Waals surface area contributed by atoms with E-state index >= 15 is 0 Å². The van der Waals surface area contributed by atoms with E-state index in [0.717, 1.165) is 22.3 Å². The Morgan fingerprint density at radius 2 is 1.74 bits per heavy atom. The Bertz CT molecular complexity index is 1190. The Morgan fingerprint density at radius 3 is 2.32 bits per heavy atom. The van der Waals surface area contributed by atoms with Crippen molar-refractivity contribution >= 4 is 40.9 Å². The third-order valence-electron chi connectivity index (χ3n) is 4.92. The SMILES string of the molecule is Cc1cc(C)c(NC(=O)/C(C#N)=C/c2c(C)nn(Cc3ccc(Cl)cc3)c2Cl)c(C)c1. The van der Waals surface area contributed by atoms with Gasteiger partial charge >= 0.3 is 0 Å². The average Bonchev–Trinajstić information content (AvgIpc) is 2.97. The Kier molecular flexibility index (Phi) is 6.84. The molecule has 0 saturated carbocycles. The molecule has 0 radical (unpaired) electrons. The van der Waals surface area contributed by atoms with Crippen LogP contribution in [-0.2, 0) is 11.3 Å². The number of carbonyl (C=O) groups is 1. The Morgan fingerprint density at radius 1 is 1.13 bits per heavy atom. The highest BCUT2D eigenvalue weighted by molar-refractivity contribution is 6.31. The molecular formula is C24H22Cl2N4O. The van der Waals surface area contributed by atoms with Crippen LogP contribution in [0.15, 0.2) is 42.0 Å². The van der Waals surface area contributed by atoms with Crippen molar-refractivity contribution in [3.8, 4) is 6.07 Å². The number of aryl methyl sites for hydroxylation is 4. The molecular weight excluding hydrogens is 431 g/mol. The van der Waals surface area contributed by atoms with E-state index < -0.39 is 5.91 Å². The molecule has 0 atom stereocenters. The number of aromatic nitrogens is 2. The predicted octanol–water partition coefficient (Wildman–Crippen LogP) is 6.02. The Balaban J connectivity index is 1.89. The van der Waals surface area contributed by atoms with Gasteiger partial charge in [-0.15, -0.1) is 0 Å². The molecule has 0 aliphatic rings. The molecule has 3 aromatic rings. The third-order valence-corrected chi connectivity index (χ3v) is 5.57. The van der Waals surface area contributed by atoms with E-state index in [9.17, 15) is 10.1 Å². The van der Waals surface area contributed by atoms with Crippen molar-refractivity contribution in [1.82, 2.24) is 9.78 Å². The van der Waals surface area contributed by atoms with Crippen molar-refractivity contribution in [3.63, 3.8) is 0 Å². The number of benzene rings is 2. The highest BCUT2D eigenvalue weighted by Crippen LogP contribution is 2.26. The molecule has 0 unspecified atom stereocenters. The summed E-state index contributed by atoms with van der Waals surface area (Å²) in [4.78, 5) is 12.8. The second-order valence-electron chi connectivity index (χ2n) is 7.47. The van der Waals surface area contributed by atoms with Crippen molar-refractivity contribution in [2.24, 2.45) is 0 Å². The summed E-state index contributed by atoms with van der Waals surface area (Å²) in [6, 6.07) is 13.3. The molecule has 1 heterocycles. The number of halogens is 2. The molecule has 0 aliphatic heterocycles. The van der Waals surface area contributed by atoms with Crippen LogP contribution in [0.1, 0.15) is 33.5 Å². The highest BCUT2D eigenvalue weighted by atomic mass is 35.5. The van der Waals surface area contributed by atoms with Gasteiger partial charge in [0, 0.05) is 16.3 Å². The van der Waals surface area contributed by atoms with Gasteiger partial charge in [-0.25, -0.2) is 4.68 Å². The van der Waals surface area contributed by atoms with E-state index in [-0.39, 0.29) is 5.57 Å². The summed E-state index contributed by atoms with van der Waals surface area (Å²) in [5.41, 5.74) is 5.80. The second-order valence-corrected chi connectivity index (χ2v) is 8.27. The van der Waals surface area contributed by atoms with Crippen LogP contribution in [0.4, 0.5) is 5.69 Å². The molecule has 1 amide bonds. The molecule has 0 fully saturated rings. The first-order valence-corrected chi connectivity index (χ1v) is 10.4. The number of hydrogen-bond donors (Lipinski definition) is 1. The first-order valence-electron chi connectivity index (χ1n) is 9.68. The van der Waals surface area contributed by atoms with Gasteiger partial charge in [0.1, 0.15) is 16.8 Å². The highest BCUT2D eigenvalue weighted by Gasteiger charge is 2.17. The number of nitriles is 1. The van der Waals surface area contributed by atoms with Gasteiger partial charge in [0.2, 0.25) is 0 Å². The van der Waals surface area contributed by atoms with Crippen LogP contribution in [-0.4, -0.2) is 15.7 Å². The van der Waals surface area contributed by atoms with Gasteiger partial charge in [-0.2, -0.15) is 10.4 Å². The summed E-state index contributed by atoms with van der Waals surface area (Å²) in [6.07, 6.45) is 1.48. The molecule has 0 bridgehead atoms. The summed E-state index contributed by atoms with van der Waals surface area (Å²) in [7, 11) is 0. The number of carbonyl (C=O) groups excluding carboxylic acids is 1. The van der Waals surface area contributed by atoms with E-state index in [4.69, 9.17) is 23.2 Å². The minimum Gasteiger partial charge on any atom is -0.321 e. The normalized spacial score (nSPS) is 11.3. The summed E-state index contributed by atoms with van der Waals surface area (Å²) >= 11 is 12.5. The molecule has 5 nitrogen and oxygen atoms in total. The molecule has 3 rings (SSSR count). The number of nitrogens with one attached hydrogen (secondary N) is 1. The quantitative estimate of drug-likeness (QED) is 0.380. The monoisotopic (exact) mass is 452 g/mol. The van der Waals surface area contributed by atoms with Crippen molar-refractivity contribution < 1.29 is 4.79 Å². The maximum absolute atomic E-state index is 12.8. The number of hydrogen-bond acceptors (Lipinski definition) is 3. The minimum absolute atomic E-state index is 0.0459. The summed E-state index contributed by atoms with van der Waals surface area (Å²) in [6.45, 7) is 8.08. The lowest BCUT2D eigenvalue weighted by Gasteiger charge is -2.12. The molecule has 1 N–H and O–H groups in total. The van der Waals surface area contributed by atoms with E-state index in [1.165, 1.54) is 6.08 Å². The van der Waals surface area contributed by atoms with Crippen LogP contribution in [0, 0.1) is 39.0 Å². The van der Waals surface area contributed by atoms with Gasteiger partial charge in [0.25, 0.3) is 5.91 Å². The largest absolute Gasteiger partial charge is 0.321 e. The molecule has 1 aromatic heterocycles. The second kappa shape index (κ2) is 9.38. The number of anilines is 1. The molecule has 2 aromatic carbocycles. The van der Waals surface area contributed by atoms with Crippen molar-refractivity contribution in [2.45, 2.75) is 34.2 Å². The third kappa shape index (κ3) is 5.16. The Labute approximate surface area is 191 Å². The number of amides is 1. The van der Waals surface area contributed by atoms with Crippen LogP contribution >= 0.6 is 23.2 Å². The van der Waals surface area contributed by atoms with Gasteiger partial charge in [0.15, 0.2) is 0 Å². The first-order chi connectivity index (χ1) is 14.7. The minimum atomic E-state index is -0.488. The standard InChI is InChI=1S/C24H22Cl2N4O/c1-14-9-15(2)22(16(3)10-14)28-24(31)19(12-27)11-21-17(4)29-30(23(21)26)13-18-5-7-20(25)8-6-18/h5-11H,13H2,1-4H3,(H,28,31)/b19-11+. The topological polar surface area (TPSA) is 70.7 Å². The maximum Gasteiger partial charge on any atom is 0.266 e. The lowest BCUT2D eigenvalue weighted by atomic mass is 10.0. The lowest BCUT2D eigenvalue weighted by molar-refractivity contribution is -0.112. The molecule has 0 saturated heterocycles. The van der Waals surface area contributed by atoms with Crippen molar-refractivity contribution in [2.75, 3.05) is 5.32 Å². The van der Waals surface area contributed by atoms with Crippen LogP contribution in [0.25, 0.3) is 6.08 Å². The maximum atomic E-state index is 12.8. The fourth-order valence-corrected chi connectivity index (χ4v) is 3.86. The smallest absolute Gasteiger partial charge is 0.266 e. The van der Waals surface area contributed by atoms with E-state index in [2.05, 4.69) is 10.4 Å². The van der Waals surface area contributed by atoms with Crippen LogP contribution in [0.5, 0.6) is 0 Å². The Hall–Kier alpha value is -3.07. The van der Waals surface area contributed by atoms with E-state index in [0.29, 0.717) is 33.7 Å². The van der Waals surface area contributed by atoms with Crippen LogP contribution in [0.3, 0.4) is 0 Å². The molecule has 0 spiro atoms. The van der Waals surface area contributed by atoms with E-state index in [1.54, 1.807) is 23.7 Å². The summed E-state index contributed by atoms with van der Waals surface area (Å²) in [5, 5.41) is 17.9. The fraction of sp³-hybridized carbons (Fsp3) is 0.208. The van der Waals surface area contributed by atoms with E-state index in [1.807, 2.05) is 51.1 Å². The predicted molar refractivity (Wildman–Crippen MR) is 125 cm³/mol. The number of nitrogens with zero attached hydrogens (tertiary/aromatic N) is 3. The molecule has 158 valence electrons. The lowest BCUT2D eigenvalue weighted by Crippen LogP contribution is -2.15. The zero-order chi connectivity index (χ0) is 22.7. The first kappa shape index (κ1) is 22.6. The van der Waals surface area contributed by atoms with Gasteiger partial charge in [-0.3, -0.25) is 4.79 Å². The van der Waals surface area contributed by atoms with Crippen LogP contribution in [0.2, 0.25) is 10.2 Å².